The monoisotopic (exact) mass is 387 g/mol. The standard InChI is InChI=1S/C18H17N3O5S/c1-3-25-17(22)15-10(2)19-18(27)20-16(15)14-8-7-13(26-14)11-5-4-6-12(9-11)21(23)24/h4-9,16H,3H2,1-2H3,(H2,19,20,27). The molecule has 1 aromatic carbocycles. The van der Waals surface area contributed by atoms with Crippen LogP contribution in [0, 0.1) is 10.1 Å². The normalized spacial score (nSPS) is 16.5. The molecule has 0 spiro atoms. The van der Waals surface area contributed by atoms with E-state index in [9.17, 15) is 14.9 Å². The van der Waals surface area contributed by atoms with Crippen LogP contribution in [0.3, 0.4) is 0 Å². The third-order valence-corrected chi connectivity index (χ3v) is 4.24. The van der Waals surface area contributed by atoms with E-state index in [1.54, 1.807) is 38.1 Å². The van der Waals surface area contributed by atoms with Crippen molar-refractivity contribution in [2.75, 3.05) is 6.61 Å². The summed E-state index contributed by atoms with van der Waals surface area (Å²) in [6.07, 6.45) is 0. The summed E-state index contributed by atoms with van der Waals surface area (Å²) < 4.78 is 11.0. The molecule has 1 unspecified atom stereocenters. The molecular formula is C18H17N3O5S. The maximum absolute atomic E-state index is 12.4. The van der Waals surface area contributed by atoms with Gasteiger partial charge in [0, 0.05) is 23.4 Å². The summed E-state index contributed by atoms with van der Waals surface area (Å²) in [6, 6.07) is 8.91. The third kappa shape index (κ3) is 3.82. The Morgan fingerprint density at radius 3 is 2.85 bits per heavy atom. The smallest absolute Gasteiger partial charge is 0.338 e. The van der Waals surface area contributed by atoms with Crippen molar-refractivity contribution >= 4 is 29.0 Å². The summed E-state index contributed by atoms with van der Waals surface area (Å²) in [5, 5.41) is 17.3. The first-order chi connectivity index (χ1) is 12.9. The van der Waals surface area contributed by atoms with E-state index in [4.69, 9.17) is 21.4 Å². The van der Waals surface area contributed by atoms with Crippen molar-refractivity contribution in [1.29, 1.82) is 0 Å². The van der Waals surface area contributed by atoms with Gasteiger partial charge in [0.15, 0.2) is 5.11 Å². The number of hydrogen-bond acceptors (Lipinski definition) is 6. The summed E-state index contributed by atoms with van der Waals surface area (Å²) in [5.74, 6) is 0.416. The number of nitro benzene ring substituents is 1. The van der Waals surface area contributed by atoms with E-state index in [2.05, 4.69) is 10.6 Å². The zero-order chi connectivity index (χ0) is 19.6. The quantitative estimate of drug-likeness (QED) is 0.349. The SMILES string of the molecule is CCOC(=O)C1=C(C)NC(=S)NC1c1ccc(-c2cccc([N+](=O)[O-])c2)o1. The lowest BCUT2D eigenvalue weighted by molar-refractivity contribution is -0.384. The molecule has 2 aromatic rings. The number of furan rings is 1. The van der Waals surface area contributed by atoms with E-state index in [1.165, 1.54) is 12.1 Å². The predicted molar refractivity (Wildman–Crippen MR) is 102 cm³/mol. The highest BCUT2D eigenvalue weighted by Gasteiger charge is 2.33. The Morgan fingerprint density at radius 2 is 2.15 bits per heavy atom. The first-order valence-corrected chi connectivity index (χ1v) is 8.61. The first kappa shape index (κ1) is 18.6. The molecule has 8 nitrogen and oxygen atoms in total. The van der Waals surface area contributed by atoms with Crippen LogP contribution in [-0.2, 0) is 9.53 Å². The summed E-state index contributed by atoms with van der Waals surface area (Å²) >= 11 is 5.18. The van der Waals surface area contributed by atoms with E-state index in [1.807, 2.05) is 0 Å². The van der Waals surface area contributed by atoms with E-state index >= 15 is 0 Å². The molecule has 1 atom stereocenters. The fraction of sp³-hybridized carbons (Fsp3) is 0.222. The number of allylic oxidation sites excluding steroid dienone is 1. The Labute approximate surface area is 160 Å². The predicted octanol–water partition coefficient (Wildman–Crippen LogP) is 3.21. The number of rotatable bonds is 5. The van der Waals surface area contributed by atoms with Crippen LogP contribution in [0.15, 0.2) is 52.1 Å². The minimum atomic E-state index is -0.620. The topological polar surface area (TPSA) is 107 Å². The fourth-order valence-electron chi connectivity index (χ4n) is 2.82. The number of nitrogens with one attached hydrogen (secondary N) is 2. The lowest BCUT2D eigenvalue weighted by Gasteiger charge is -2.28. The third-order valence-electron chi connectivity index (χ3n) is 4.02. The number of carbonyl (C=O) groups is 1. The van der Waals surface area contributed by atoms with Gasteiger partial charge >= 0.3 is 5.97 Å². The average molecular weight is 387 g/mol. The van der Waals surface area contributed by atoms with Crippen LogP contribution in [0.4, 0.5) is 5.69 Å². The number of benzene rings is 1. The van der Waals surface area contributed by atoms with E-state index in [-0.39, 0.29) is 12.3 Å². The van der Waals surface area contributed by atoms with Crippen LogP contribution in [0.25, 0.3) is 11.3 Å². The van der Waals surface area contributed by atoms with Crippen molar-refractivity contribution in [2.24, 2.45) is 0 Å². The summed E-state index contributed by atoms with van der Waals surface area (Å²) in [5.41, 5.74) is 1.47. The first-order valence-electron chi connectivity index (χ1n) is 8.20. The van der Waals surface area contributed by atoms with Crippen LogP contribution in [-0.4, -0.2) is 22.6 Å². The van der Waals surface area contributed by atoms with Gasteiger partial charge in [-0.3, -0.25) is 10.1 Å². The highest BCUT2D eigenvalue weighted by atomic mass is 32.1. The van der Waals surface area contributed by atoms with Crippen LogP contribution in [0.1, 0.15) is 25.6 Å². The Hall–Kier alpha value is -3.20. The van der Waals surface area contributed by atoms with Gasteiger partial charge in [-0.2, -0.15) is 0 Å². The molecular weight excluding hydrogens is 370 g/mol. The Balaban J connectivity index is 1.97. The Morgan fingerprint density at radius 1 is 1.37 bits per heavy atom. The molecule has 1 aliphatic heterocycles. The highest BCUT2D eigenvalue weighted by molar-refractivity contribution is 7.80. The van der Waals surface area contributed by atoms with Gasteiger partial charge in [-0.25, -0.2) is 4.79 Å². The van der Waals surface area contributed by atoms with Gasteiger partial charge < -0.3 is 19.8 Å². The highest BCUT2D eigenvalue weighted by Crippen LogP contribution is 2.32. The summed E-state index contributed by atoms with van der Waals surface area (Å²) in [6.45, 7) is 3.70. The van der Waals surface area contributed by atoms with Crippen LogP contribution in [0.5, 0.6) is 0 Å². The molecule has 1 aromatic heterocycles. The van der Waals surface area contributed by atoms with E-state index in [0.29, 0.717) is 33.5 Å². The van der Waals surface area contributed by atoms with Crippen molar-refractivity contribution in [1.82, 2.24) is 10.6 Å². The molecule has 2 N–H and O–H groups in total. The lowest BCUT2D eigenvalue weighted by Crippen LogP contribution is -2.45. The second-order valence-electron chi connectivity index (χ2n) is 5.80. The zero-order valence-electron chi connectivity index (χ0n) is 14.6. The number of ether oxygens (including phenoxy) is 1. The maximum Gasteiger partial charge on any atom is 0.338 e. The second-order valence-corrected chi connectivity index (χ2v) is 6.21. The van der Waals surface area contributed by atoms with Crippen LogP contribution in [0.2, 0.25) is 0 Å². The number of thiocarbonyl (C=S) groups is 1. The van der Waals surface area contributed by atoms with Crippen molar-refractivity contribution in [3.8, 4) is 11.3 Å². The molecule has 0 saturated heterocycles. The van der Waals surface area contributed by atoms with Gasteiger partial charge in [-0.15, -0.1) is 0 Å². The van der Waals surface area contributed by atoms with Gasteiger partial charge in [-0.05, 0) is 38.2 Å². The molecule has 3 rings (SSSR count). The molecule has 0 fully saturated rings. The van der Waals surface area contributed by atoms with Gasteiger partial charge in [-0.1, -0.05) is 12.1 Å². The molecule has 2 heterocycles. The van der Waals surface area contributed by atoms with Gasteiger partial charge in [0.25, 0.3) is 5.69 Å². The second kappa shape index (κ2) is 7.58. The number of esters is 1. The molecule has 27 heavy (non-hydrogen) atoms. The van der Waals surface area contributed by atoms with Crippen LogP contribution < -0.4 is 10.6 Å². The molecule has 0 aliphatic carbocycles. The average Bonchev–Trinajstić information content (AvgIpc) is 3.11. The molecule has 9 heteroatoms. The summed E-state index contributed by atoms with van der Waals surface area (Å²) in [7, 11) is 0. The number of nitrogens with zero attached hydrogens (tertiary/aromatic N) is 1. The number of carbonyl (C=O) groups excluding carboxylic acids is 1. The molecule has 0 amide bonds. The van der Waals surface area contributed by atoms with Gasteiger partial charge in [0.2, 0.25) is 0 Å². The van der Waals surface area contributed by atoms with E-state index < -0.39 is 16.9 Å². The molecule has 0 radical (unpaired) electrons. The Bertz CT molecular complexity index is 950. The minimum absolute atomic E-state index is 0.0328. The number of hydrogen-bond donors (Lipinski definition) is 2. The lowest BCUT2D eigenvalue weighted by atomic mass is 10.0. The fourth-order valence-corrected chi connectivity index (χ4v) is 3.09. The zero-order valence-corrected chi connectivity index (χ0v) is 15.5. The molecule has 0 saturated carbocycles. The maximum atomic E-state index is 12.4. The molecule has 0 bridgehead atoms. The molecule has 140 valence electrons. The molecule has 1 aliphatic rings. The van der Waals surface area contributed by atoms with Crippen molar-refractivity contribution < 1.29 is 18.9 Å². The van der Waals surface area contributed by atoms with E-state index in [0.717, 1.165) is 0 Å². The van der Waals surface area contributed by atoms with Crippen molar-refractivity contribution in [2.45, 2.75) is 19.9 Å². The van der Waals surface area contributed by atoms with Crippen molar-refractivity contribution in [3.63, 3.8) is 0 Å². The number of non-ortho nitro benzene ring substituents is 1. The van der Waals surface area contributed by atoms with Crippen LogP contribution >= 0.6 is 12.2 Å². The minimum Gasteiger partial charge on any atom is -0.463 e. The van der Waals surface area contributed by atoms with Crippen molar-refractivity contribution in [3.05, 3.63) is 63.5 Å². The number of nitro groups is 1. The Kier molecular flexibility index (Phi) is 5.22. The van der Waals surface area contributed by atoms with Gasteiger partial charge in [0.1, 0.15) is 17.6 Å². The summed E-state index contributed by atoms with van der Waals surface area (Å²) in [4.78, 5) is 22.9. The van der Waals surface area contributed by atoms with Gasteiger partial charge in [0.05, 0.1) is 17.1 Å². The largest absolute Gasteiger partial charge is 0.463 e.